The van der Waals surface area contributed by atoms with E-state index in [4.69, 9.17) is 0 Å². The molecular formula is C17H18FN3O2S. The van der Waals surface area contributed by atoms with Crippen LogP contribution in [0.15, 0.2) is 59.8 Å². The molecule has 0 saturated carbocycles. The summed E-state index contributed by atoms with van der Waals surface area (Å²) < 4.78 is 41.3. The number of dihydropyridines is 1. The number of nitrogens with one attached hydrogen (secondary N) is 2. The number of hydrogen-bond donors (Lipinski definition) is 2. The maximum absolute atomic E-state index is 14.2. The van der Waals surface area contributed by atoms with Crippen molar-refractivity contribution in [1.29, 1.82) is 0 Å². The third kappa shape index (κ3) is 3.00. The molecular weight excluding hydrogens is 329 g/mol. The molecule has 126 valence electrons. The maximum Gasteiger partial charge on any atom is 0.269 e. The minimum atomic E-state index is -3.82. The van der Waals surface area contributed by atoms with Crippen molar-refractivity contribution in [1.82, 2.24) is 14.6 Å². The maximum atomic E-state index is 14.2. The van der Waals surface area contributed by atoms with Gasteiger partial charge in [0, 0.05) is 31.0 Å². The molecule has 0 bridgehead atoms. The van der Waals surface area contributed by atoms with E-state index in [1.807, 2.05) is 0 Å². The molecule has 0 aliphatic carbocycles. The molecule has 3 rings (SSSR count). The fraction of sp³-hybridized carbons (Fsp3) is 0.176. The molecule has 2 heterocycles. The lowest BCUT2D eigenvalue weighted by Gasteiger charge is -2.14. The lowest BCUT2D eigenvalue weighted by molar-refractivity contribution is 0.594. The molecule has 0 fully saturated rings. The normalized spacial score (nSPS) is 14.3. The van der Waals surface area contributed by atoms with Gasteiger partial charge >= 0.3 is 0 Å². The van der Waals surface area contributed by atoms with Crippen LogP contribution in [0.2, 0.25) is 0 Å². The Morgan fingerprint density at radius 3 is 2.79 bits per heavy atom. The Bertz CT molecular complexity index is 914. The van der Waals surface area contributed by atoms with Crippen LogP contribution in [0.3, 0.4) is 0 Å². The van der Waals surface area contributed by atoms with Crippen molar-refractivity contribution in [2.75, 3.05) is 13.6 Å². The molecule has 1 aromatic carbocycles. The van der Waals surface area contributed by atoms with Gasteiger partial charge in [0.15, 0.2) is 0 Å². The molecule has 1 aromatic heterocycles. The first-order valence-corrected chi connectivity index (χ1v) is 8.94. The van der Waals surface area contributed by atoms with Gasteiger partial charge in [-0.05, 0) is 36.9 Å². The van der Waals surface area contributed by atoms with E-state index < -0.39 is 15.8 Å². The summed E-state index contributed by atoms with van der Waals surface area (Å²) in [5, 5.41) is 5.86. The molecule has 0 atom stereocenters. The molecule has 0 unspecified atom stereocenters. The zero-order valence-corrected chi connectivity index (χ0v) is 14.0. The number of nitrogens with zero attached hydrogens (tertiary/aromatic N) is 1. The van der Waals surface area contributed by atoms with Crippen molar-refractivity contribution in [2.45, 2.75) is 6.54 Å². The smallest absolute Gasteiger partial charge is 0.269 e. The highest BCUT2D eigenvalue weighted by atomic mass is 32.2. The summed E-state index contributed by atoms with van der Waals surface area (Å²) in [7, 11) is -2.05. The first-order valence-electron chi connectivity index (χ1n) is 7.50. The third-order valence-electron chi connectivity index (χ3n) is 3.69. The molecule has 0 amide bonds. The topological polar surface area (TPSA) is 63.1 Å². The van der Waals surface area contributed by atoms with Gasteiger partial charge in [-0.3, -0.25) is 0 Å². The highest BCUT2D eigenvalue weighted by Gasteiger charge is 2.24. The largest absolute Gasteiger partial charge is 0.386 e. The number of aromatic nitrogens is 1. The standard InChI is InChI=1S/C17H18FN3O2S/c1-19-10-13-9-17(15-6-2-3-7-16(15)18)21(12-13)24(22,23)14-5-4-8-20-11-14/h2-7,9,11-12,19-20H,8,10H2,1H3. The number of allylic oxidation sites excluding steroid dienone is 1. The highest BCUT2D eigenvalue weighted by molar-refractivity contribution is 7.94. The van der Waals surface area contributed by atoms with Crippen LogP contribution in [0.25, 0.3) is 11.3 Å². The van der Waals surface area contributed by atoms with Gasteiger partial charge in [-0.25, -0.2) is 16.8 Å². The summed E-state index contributed by atoms with van der Waals surface area (Å²) in [5.74, 6) is -0.464. The second-order valence-corrected chi connectivity index (χ2v) is 7.22. The Balaban J connectivity index is 2.18. The van der Waals surface area contributed by atoms with Gasteiger partial charge in [-0.1, -0.05) is 18.2 Å². The molecule has 0 saturated heterocycles. The van der Waals surface area contributed by atoms with Crippen molar-refractivity contribution >= 4 is 10.0 Å². The summed E-state index contributed by atoms with van der Waals surface area (Å²) >= 11 is 0. The Hall–Kier alpha value is -2.38. The summed E-state index contributed by atoms with van der Waals surface area (Å²) in [5.41, 5.74) is 1.31. The van der Waals surface area contributed by atoms with E-state index in [1.165, 1.54) is 18.5 Å². The lowest BCUT2D eigenvalue weighted by atomic mass is 10.1. The van der Waals surface area contributed by atoms with Gasteiger partial charge in [-0.15, -0.1) is 0 Å². The zero-order valence-electron chi connectivity index (χ0n) is 13.2. The van der Waals surface area contributed by atoms with Gasteiger partial charge in [0.1, 0.15) is 10.7 Å². The number of hydrogen-bond acceptors (Lipinski definition) is 4. The zero-order chi connectivity index (χ0) is 17.2. The second kappa shape index (κ2) is 6.62. The third-order valence-corrected chi connectivity index (χ3v) is 5.36. The van der Waals surface area contributed by atoms with Crippen LogP contribution in [0.5, 0.6) is 0 Å². The molecule has 2 N–H and O–H groups in total. The number of halogens is 1. The van der Waals surface area contributed by atoms with Crippen LogP contribution in [-0.2, 0) is 16.6 Å². The lowest BCUT2D eigenvalue weighted by Crippen LogP contribution is -2.19. The first-order chi connectivity index (χ1) is 11.5. The SMILES string of the molecule is CNCc1cc(-c2ccccc2F)n(S(=O)(=O)C2=CNCC=C2)c1. The summed E-state index contributed by atoms with van der Waals surface area (Å²) in [6.07, 6.45) is 6.26. The number of rotatable bonds is 5. The second-order valence-electron chi connectivity index (χ2n) is 5.40. The van der Waals surface area contributed by atoms with Crippen molar-refractivity contribution < 1.29 is 12.8 Å². The van der Waals surface area contributed by atoms with Crippen molar-refractivity contribution in [3.05, 3.63) is 71.2 Å². The van der Waals surface area contributed by atoms with Gasteiger partial charge < -0.3 is 10.6 Å². The average molecular weight is 347 g/mol. The molecule has 0 spiro atoms. The predicted octanol–water partition coefficient (Wildman–Crippen LogP) is 2.19. The molecule has 2 aromatic rings. The van der Waals surface area contributed by atoms with Gasteiger partial charge in [0.2, 0.25) is 0 Å². The Kier molecular flexibility index (Phi) is 4.55. The van der Waals surface area contributed by atoms with E-state index in [2.05, 4.69) is 10.6 Å². The molecule has 5 nitrogen and oxygen atoms in total. The van der Waals surface area contributed by atoms with Crippen molar-refractivity contribution in [2.24, 2.45) is 0 Å². The van der Waals surface area contributed by atoms with E-state index in [0.29, 0.717) is 18.8 Å². The molecule has 1 aliphatic heterocycles. The first kappa shape index (κ1) is 16.5. The van der Waals surface area contributed by atoms with Crippen LogP contribution >= 0.6 is 0 Å². The average Bonchev–Trinajstić information content (AvgIpc) is 3.01. The van der Waals surface area contributed by atoms with Crippen LogP contribution in [0.4, 0.5) is 4.39 Å². The van der Waals surface area contributed by atoms with Crippen LogP contribution in [0.1, 0.15) is 5.56 Å². The molecule has 24 heavy (non-hydrogen) atoms. The van der Waals surface area contributed by atoms with Crippen LogP contribution < -0.4 is 10.6 Å². The van der Waals surface area contributed by atoms with E-state index in [9.17, 15) is 12.8 Å². The molecule has 1 aliphatic rings. The van der Waals surface area contributed by atoms with Crippen molar-refractivity contribution in [3.63, 3.8) is 0 Å². The van der Waals surface area contributed by atoms with Crippen molar-refractivity contribution in [3.8, 4) is 11.3 Å². The van der Waals surface area contributed by atoms with E-state index in [0.717, 1.165) is 9.54 Å². The number of benzene rings is 1. The van der Waals surface area contributed by atoms with Gasteiger partial charge in [0.05, 0.1) is 5.69 Å². The van der Waals surface area contributed by atoms with E-state index in [1.54, 1.807) is 43.5 Å². The van der Waals surface area contributed by atoms with Crippen LogP contribution in [-0.4, -0.2) is 26.0 Å². The summed E-state index contributed by atoms with van der Waals surface area (Å²) in [4.78, 5) is 0.137. The fourth-order valence-electron chi connectivity index (χ4n) is 2.59. The summed E-state index contributed by atoms with van der Waals surface area (Å²) in [6.45, 7) is 1.06. The fourth-order valence-corrected chi connectivity index (χ4v) is 4.00. The molecule has 0 radical (unpaired) electrons. The summed E-state index contributed by atoms with van der Waals surface area (Å²) in [6, 6.07) is 7.83. The van der Waals surface area contributed by atoms with E-state index >= 15 is 0 Å². The highest BCUT2D eigenvalue weighted by Crippen LogP contribution is 2.29. The minimum absolute atomic E-state index is 0.137. The Morgan fingerprint density at radius 1 is 1.33 bits per heavy atom. The monoisotopic (exact) mass is 347 g/mol. The predicted molar refractivity (Wildman–Crippen MR) is 92.1 cm³/mol. The minimum Gasteiger partial charge on any atom is -0.386 e. The van der Waals surface area contributed by atoms with E-state index in [-0.39, 0.29) is 10.5 Å². The Labute approximate surface area is 140 Å². The van der Waals surface area contributed by atoms with Gasteiger partial charge in [0.25, 0.3) is 10.0 Å². The molecule has 7 heteroatoms. The Morgan fingerprint density at radius 2 is 2.12 bits per heavy atom. The quantitative estimate of drug-likeness (QED) is 0.870. The van der Waals surface area contributed by atoms with Crippen LogP contribution in [0, 0.1) is 5.82 Å². The van der Waals surface area contributed by atoms with Gasteiger partial charge in [-0.2, -0.15) is 0 Å².